The molecule has 0 aliphatic carbocycles. The molecule has 0 aliphatic rings. The van der Waals surface area contributed by atoms with Gasteiger partial charge in [0.05, 0.1) is 18.1 Å². The Morgan fingerprint density at radius 2 is 2.04 bits per heavy atom. The van der Waals surface area contributed by atoms with Crippen molar-refractivity contribution in [2.24, 2.45) is 0 Å². The predicted molar refractivity (Wildman–Crippen MR) is 87.3 cm³/mol. The predicted octanol–water partition coefficient (Wildman–Crippen LogP) is 2.50. The third-order valence-electron chi connectivity index (χ3n) is 3.38. The second kappa shape index (κ2) is 6.39. The summed E-state index contributed by atoms with van der Waals surface area (Å²) in [5, 5.41) is 0. The number of carbonyl (C=O) groups is 1. The Bertz CT molecular complexity index is 842. The van der Waals surface area contributed by atoms with Crippen molar-refractivity contribution in [2.45, 2.75) is 6.92 Å². The van der Waals surface area contributed by atoms with Gasteiger partial charge < -0.3 is 9.47 Å². The van der Waals surface area contributed by atoms with Crippen LogP contribution >= 0.6 is 0 Å². The summed E-state index contributed by atoms with van der Waals surface area (Å²) in [4.78, 5) is 16.3. The Kier molecular flexibility index (Phi) is 4.14. The van der Waals surface area contributed by atoms with Gasteiger partial charge in [0.2, 0.25) is 0 Å². The van der Waals surface area contributed by atoms with Crippen molar-refractivity contribution in [1.82, 2.24) is 9.66 Å². The van der Waals surface area contributed by atoms with Gasteiger partial charge in [-0.05, 0) is 36.8 Å². The first kappa shape index (κ1) is 14.9. The number of methoxy groups -OCH3 is 1. The first-order valence-corrected chi connectivity index (χ1v) is 7.17. The van der Waals surface area contributed by atoms with E-state index in [1.165, 1.54) is 0 Å². The molecular weight excluding hydrogens is 294 g/mol. The summed E-state index contributed by atoms with van der Waals surface area (Å²) in [7, 11) is 1.57. The molecule has 0 bridgehead atoms. The fourth-order valence-corrected chi connectivity index (χ4v) is 2.25. The summed E-state index contributed by atoms with van der Waals surface area (Å²) in [6.45, 7) is 1.84. The van der Waals surface area contributed by atoms with Gasteiger partial charge in [0.15, 0.2) is 18.1 Å². The molecule has 0 unspecified atom stereocenters. The number of carbonyl (C=O) groups excluding carboxylic acids is 1. The molecule has 3 rings (SSSR count). The molecule has 0 atom stereocenters. The van der Waals surface area contributed by atoms with Crippen molar-refractivity contribution < 1.29 is 14.3 Å². The topological polar surface area (TPSA) is 65.4 Å². The Balaban J connectivity index is 1.66. The van der Waals surface area contributed by atoms with Crippen LogP contribution in [-0.2, 0) is 4.79 Å². The minimum Gasteiger partial charge on any atom is -0.493 e. The minimum atomic E-state index is -0.282. The highest BCUT2D eigenvalue weighted by atomic mass is 16.5. The monoisotopic (exact) mass is 311 g/mol. The SMILES string of the molecule is COc1cc(C)ccc1OCC(=O)Nn1cnc2ccccc21. The van der Waals surface area contributed by atoms with Gasteiger partial charge in [0.1, 0.15) is 6.33 Å². The largest absolute Gasteiger partial charge is 0.493 e. The Morgan fingerprint density at radius 3 is 2.87 bits per heavy atom. The highest BCUT2D eigenvalue weighted by Gasteiger charge is 2.09. The molecule has 1 amide bonds. The van der Waals surface area contributed by atoms with Crippen LogP contribution in [-0.4, -0.2) is 29.3 Å². The molecule has 0 aliphatic heterocycles. The highest BCUT2D eigenvalue weighted by Crippen LogP contribution is 2.27. The molecule has 0 spiro atoms. The fraction of sp³-hybridized carbons (Fsp3) is 0.176. The number of para-hydroxylation sites is 2. The van der Waals surface area contributed by atoms with Crippen LogP contribution in [0.3, 0.4) is 0 Å². The summed E-state index contributed by atoms with van der Waals surface area (Å²) in [5.74, 6) is 0.852. The zero-order valence-corrected chi connectivity index (χ0v) is 12.9. The molecule has 0 saturated heterocycles. The molecule has 118 valence electrons. The first-order valence-electron chi connectivity index (χ1n) is 7.17. The maximum Gasteiger partial charge on any atom is 0.276 e. The van der Waals surface area contributed by atoms with Gasteiger partial charge in [-0.25, -0.2) is 9.66 Å². The summed E-state index contributed by atoms with van der Waals surface area (Å²) in [6, 6.07) is 13.1. The number of aromatic nitrogens is 2. The van der Waals surface area contributed by atoms with E-state index in [1.54, 1.807) is 24.2 Å². The number of hydrogen-bond acceptors (Lipinski definition) is 4. The third kappa shape index (κ3) is 3.26. The van der Waals surface area contributed by atoms with Crippen LogP contribution in [0.2, 0.25) is 0 Å². The fourth-order valence-electron chi connectivity index (χ4n) is 2.25. The molecule has 2 aromatic carbocycles. The van der Waals surface area contributed by atoms with Gasteiger partial charge in [0, 0.05) is 0 Å². The van der Waals surface area contributed by atoms with E-state index in [1.807, 2.05) is 43.3 Å². The number of aryl methyl sites for hydroxylation is 1. The average molecular weight is 311 g/mol. The van der Waals surface area contributed by atoms with E-state index < -0.39 is 0 Å². The lowest BCUT2D eigenvalue weighted by atomic mass is 10.2. The molecule has 23 heavy (non-hydrogen) atoms. The lowest BCUT2D eigenvalue weighted by Crippen LogP contribution is -2.27. The van der Waals surface area contributed by atoms with Crippen molar-refractivity contribution >= 4 is 16.9 Å². The van der Waals surface area contributed by atoms with E-state index in [9.17, 15) is 4.79 Å². The number of hydrogen-bond donors (Lipinski definition) is 1. The van der Waals surface area contributed by atoms with Gasteiger partial charge in [0.25, 0.3) is 5.91 Å². The van der Waals surface area contributed by atoms with E-state index in [0.717, 1.165) is 16.6 Å². The number of amides is 1. The molecule has 6 heteroatoms. The smallest absolute Gasteiger partial charge is 0.276 e. The molecule has 3 aromatic rings. The molecule has 0 fully saturated rings. The first-order chi connectivity index (χ1) is 11.2. The quantitative estimate of drug-likeness (QED) is 0.786. The zero-order chi connectivity index (χ0) is 16.2. The van der Waals surface area contributed by atoms with Gasteiger partial charge >= 0.3 is 0 Å². The van der Waals surface area contributed by atoms with Crippen LogP contribution in [0.4, 0.5) is 0 Å². The Hall–Kier alpha value is -3.02. The van der Waals surface area contributed by atoms with Crippen LogP contribution in [0, 0.1) is 6.92 Å². The molecule has 1 N–H and O–H groups in total. The molecule has 0 radical (unpaired) electrons. The van der Waals surface area contributed by atoms with Crippen LogP contribution in [0.1, 0.15) is 5.56 Å². The molecule has 6 nitrogen and oxygen atoms in total. The van der Waals surface area contributed by atoms with Crippen LogP contribution in [0.5, 0.6) is 11.5 Å². The standard InChI is InChI=1S/C17H17N3O3/c1-12-7-8-15(16(9-12)22-2)23-10-17(21)19-20-11-18-13-5-3-4-6-14(13)20/h3-9,11H,10H2,1-2H3,(H,19,21). The summed E-state index contributed by atoms with van der Waals surface area (Å²) < 4.78 is 12.4. The third-order valence-corrected chi connectivity index (χ3v) is 3.38. The number of imidazole rings is 1. The zero-order valence-electron chi connectivity index (χ0n) is 12.9. The molecule has 0 saturated carbocycles. The normalized spacial score (nSPS) is 10.5. The van der Waals surface area contributed by atoms with E-state index in [-0.39, 0.29) is 12.5 Å². The lowest BCUT2D eigenvalue weighted by molar-refractivity contribution is -0.119. The summed E-state index contributed by atoms with van der Waals surface area (Å²) >= 11 is 0. The average Bonchev–Trinajstić information content (AvgIpc) is 2.97. The molecular formula is C17H17N3O3. The maximum absolute atomic E-state index is 12.1. The summed E-state index contributed by atoms with van der Waals surface area (Å²) in [5.41, 5.74) is 5.43. The van der Waals surface area contributed by atoms with Crippen molar-refractivity contribution in [3.63, 3.8) is 0 Å². The van der Waals surface area contributed by atoms with Crippen molar-refractivity contribution in [2.75, 3.05) is 19.1 Å². The second-order valence-electron chi connectivity index (χ2n) is 5.08. The lowest BCUT2D eigenvalue weighted by Gasteiger charge is -2.12. The number of fused-ring (bicyclic) bond motifs is 1. The minimum absolute atomic E-state index is 0.119. The van der Waals surface area contributed by atoms with Gasteiger partial charge in [-0.15, -0.1) is 0 Å². The molecule has 1 aromatic heterocycles. The van der Waals surface area contributed by atoms with Crippen LogP contribution < -0.4 is 14.9 Å². The number of rotatable bonds is 5. The van der Waals surface area contributed by atoms with Crippen molar-refractivity contribution in [1.29, 1.82) is 0 Å². The maximum atomic E-state index is 12.1. The highest BCUT2D eigenvalue weighted by molar-refractivity contribution is 5.87. The Labute approximate surface area is 133 Å². The summed E-state index contributed by atoms with van der Waals surface area (Å²) in [6.07, 6.45) is 1.56. The van der Waals surface area contributed by atoms with E-state index in [2.05, 4.69) is 10.4 Å². The van der Waals surface area contributed by atoms with Crippen molar-refractivity contribution in [3.05, 3.63) is 54.4 Å². The van der Waals surface area contributed by atoms with Crippen molar-refractivity contribution in [3.8, 4) is 11.5 Å². The second-order valence-corrected chi connectivity index (χ2v) is 5.08. The number of benzene rings is 2. The number of nitrogens with one attached hydrogen (secondary N) is 1. The Morgan fingerprint density at radius 1 is 1.22 bits per heavy atom. The molecule has 1 heterocycles. The van der Waals surface area contributed by atoms with E-state index in [4.69, 9.17) is 9.47 Å². The number of nitrogens with zero attached hydrogens (tertiary/aromatic N) is 2. The van der Waals surface area contributed by atoms with E-state index in [0.29, 0.717) is 11.5 Å². The van der Waals surface area contributed by atoms with E-state index >= 15 is 0 Å². The van der Waals surface area contributed by atoms with Gasteiger partial charge in [-0.1, -0.05) is 18.2 Å². The van der Waals surface area contributed by atoms with Crippen LogP contribution in [0.25, 0.3) is 11.0 Å². The van der Waals surface area contributed by atoms with Gasteiger partial charge in [-0.3, -0.25) is 10.2 Å². The van der Waals surface area contributed by atoms with Crippen LogP contribution in [0.15, 0.2) is 48.8 Å². The number of ether oxygens (including phenoxy) is 2. The van der Waals surface area contributed by atoms with Gasteiger partial charge in [-0.2, -0.15) is 0 Å².